The SMILES string of the molecule is Cc1cc(C(C)NC(=O)NCC2CCCC(O)C2)c(C)s1. The zero-order valence-corrected chi connectivity index (χ0v) is 13.9. The summed E-state index contributed by atoms with van der Waals surface area (Å²) in [6, 6.07) is 2.04. The van der Waals surface area contributed by atoms with Crippen LogP contribution in [-0.4, -0.2) is 23.8 Å². The number of rotatable bonds is 4. The molecule has 0 saturated heterocycles. The molecule has 1 aromatic heterocycles. The van der Waals surface area contributed by atoms with Crippen molar-refractivity contribution in [1.82, 2.24) is 10.6 Å². The number of thiophene rings is 1. The van der Waals surface area contributed by atoms with Crippen LogP contribution in [0.15, 0.2) is 6.07 Å². The Morgan fingerprint density at radius 1 is 1.48 bits per heavy atom. The number of nitrogens with one attached hydrogen (secondary N) is 2. The fourth-order valence-corrected chi connectivity index (χ4v) is 4.11. The van der Waals surface area contributed by atoms with Crippen molar-refractivity contribution in [3.8, 4) is 0 Å². The van der Waals surface area contributed by atoms with E-state index in [1.165, 1.54) is 15.3 Å². The Labute approximate surface area is 131 Å². The average molecular weight is 310 g/mol. The van der Waals surface area contributed by atoms with Gasteiger partial charge in [-0.25, -0.2) is 4.79 Å². The summed E-state index contributed by atoms with van der Waals surface area (Å²) in [5, 5.41) is 15.6. The van der Waals surface area contributed by atoms with E-state index in [1.807, 2.05) is 6.92 Å². The maximum atomic E-state index is 12.0. The summed E-state index contributed by atoms with van der Waals surface area (Å²) in [7, 11) is 0. The summed E-state index contributed by atoms with van der Waals surface area (Å²) in [6.45, 7) is 6.84. The number of carbonyl (C=O) groups is 1. The van der Waals surface area contributed by atoms with Gasteiger partial charge in [-0.3, -0.25) is 0 Å². The highest BCUT2D eigenvalue weighted by Crippen LogP contribution is 2.26. The van der Waals surface area contributed by atoms with Crippen molar-refractivity contribution < 1.29 is 9.90 Å². The van der Waals surface area contributed by atoms with E-state index in [-0.39, 0.29) is 18.2 Å². The molecule has 1 aliphatic carbocycles. The Morgan fingerprint density at radius 3 is 2.86 bits per heavy atom. The number of aryl methyl sites for hydroxylation is 2. The topological polar surface area (TPSA) is 61.4 Å². The molecule has 2 amide bonds. The zero-order chi connectivity index (χ0) is 15.4. The third-order valence-electron chi connectivity index (χ3n) is 4.20. The highest BCUT2D eigenvalue weighted by Gasteiger charge is 2.21. The van der Waals surface area contributed by atoms with E-state index in [2.05, 4.69) is 30.5 Å². The van der Waals surface area contributed by atoms with Crippen LogP contribution in [-0.2, 0) is 0 Å². The van der Waals surface area contributed by atoms with Gasteiger partial charge < -0.3 is 15.7 Å². The molecule has 118 valence electrons. The molecule has 5 heteroatoms. The van der Waals surface area contributed by atoms with Gasteiger partial charge in [0.2, 0.25) is 0 Å². The highest BCUT2D eigenvalue weighted by molar-refractivity contribution is 7.12. The van der Waals surface area contributed by atoms with Gasteiger partial charge in [-0.2, -0.15) is 0 Å². The smallest absolute Gasteiger partial charge is 0.315 e. The first-order chi connectivity index (χ1) is 9.95. The summed E-state index contributed by atoms with van der Waals surface area (Å²) in [5.41, 5.74) is 1.20. The van der Waals surface area contributed by atoms with Crippen molar-refractivity contribution in [2.75, 3.05) is 6.54 Å². The monoisotopic (exact) mass is 310 g/mol. The number of amides is 2. The van der Waals surface area contributed by atoms with Crippen LogP contribution in [0.4, 0.5) is 4.79 Å². The molecule has 0 bridgehead atoms. The standard InChI is InChI=1S/C16H26N2O2S/c1-10-7-15(12(3)21-10)11(2)18-16(20)17-9-13-5-4-6-14(19)8-13/h7,11,13-14,19H,4-6,8-9H2,1-3H3,(H2,17,18,20). The van der Waals surface area contributed by atoms with Crippen molar-refractivity contribution in [1.29, 1.82) is 0 Å². The summed E-state index contributed by atoms with van der Waals surface area (Å²) in [6.07, 6.45) is 3.66. The van der Waals surface area contributed by atoms with E-state index in [0.29, 0.717) is 12.5 Å². The van der Waals surface area contributed by atoms with Gasteiger partial charge in [0.25, 0.3) is 0 Å². The third kappa shape index (κ3) is 4.71. The second-order valence-electron chi connectivity index (χ2n) is 6.13. The molecule has 1 aliphatic rings. The maximum Gasteiger partial charge on any atom is 0.315 e. The maximum absolute atomic E-state index is 12.0. The van der Waals surface area contributed by atoms with Gasteiger partial charge in [-0.05, 0) is 57.6 Å². The zero-order valence-electron chi connectivity index (χ0n) is 13.1. The first-order valence-corrected chi connectivity index (χ1v) is 8.56. The Balaban J connectivity index is 1.77. The largest absolute Gasteiger partial charge is 0.393 e. The van der Waals surface area contributed by atoms with Crippen LogP contribution in [0.2, 0.25) is 0 Å². The average Bonchev–Trinajstić information content (AvgIpc) is 2.75. The molecule has 1 aromatic rings. The van der Waals surface area contributed by atoms with Crippen molar-refractivity contribution in [3.05, 3.63) is 21.4 Å². The normalized spacial score (nSPS) is 23.6. The van der Waals surface area contributed by atoms with Crippen molar-refractivity contribution in [2.45, 2.75) is 58.6 Å². The number of hydrogen-bond donors (Lipinski definition) is 3. The molecule has 3 unspecified atom stereocenters. The minimum Gasteiger partial charge on any atom is -0.393 e. The first kappa shape index (κ1) is 16.3. The fourth-order valence-electron chi connectivity index (χ4n) is 3.09. The fraction of sp³-hybridized carbons (Fsp3) is 0.688. The van der Waals surface area contributed by atoms with E-state index in [1.54, 1.807) is 11.3 Å². The van der Waals surface area contributed by atoms with Gasteiger partial charge in [0, 0.05) is 16.3 Å². The van der Waals surface area contributed by atoms with E-state index in [9.17, 15) is 9.90 Å². The Morgan fingerprint density at radius 2 is 2.24 bits per heavy atom. The lowest BCUT2D eigenvalue weighted by atomic mass is 9.87. The van der Waals surface area contributed by atoms with E-state index in [0.717, 1.165) is 25.7 Å². The number of aliphatic hydroxyl groups is 1. The molecule has 2 rings (SSSR count). The van der Waals surface area contributed by atoms with Gasteiger partial charge in [-0.15, -0.1) is 11.3 Å². The van der Waals surface area contributed by atoms with Crippen molar-refractivity contribution >= 4 is 17.4 Å². The summed E-state index contributed by atoms with van der Waals surface area (Å²) < 4.78 is 0. The van der Waals surface area contributed by atoms with Crippen LogP contribution in [0.25, 0.3) is 0 Å². The molecule has 0 spiro atoms. The predicted molar refractivity (Wildman–Crippen MR) is 86.7 cm³/mol. The van der Waals surface area contributed by atoms with Gasteiger partial charge in [-0.1, -0.05) is 6.42 Å². The lowest BCUT2D eigenvalue weighted by molar-refractivity contribution is 0.101. The second kappa shape index (κ2) is 7.27. The van der Waals surface area contributed by atoms with E-state index in [4.69, 9.17) is 0 Å². The minimum atomic E-state index is -0.191. The lowest BCUT2D eigenvalue weighted by Crippen LogP contribution is -2.40. The predicted octanol–water partition coefficient (Wildman–Crippen LogP) is 3.28. The number of carbonyl (C=O) groups excluding carboxylic acids is 1. The summed E-state index contributed by atoms with van der Waals surface area (Å²) in [5.74, 6) is 0.403. The number of hydrogen-bond acceptors (Lipinski definition) is 3. The molecule has 3 atom stereocenters. The number of aliphatic hydroxyl groups excluding tert-OH is 1. The van der Waals surface area contributed by atoms with E-state index >= 15 is 0 Å². The molecule has 0 aromatic carbocycles. The quantitative estimate of drug-likeness (QED) is 0.799. The van der Waals surface area contributed by atoms with Crippen LogP contribution < -0.4 is 10.6 Å². The van der Waals surface area contributed by atoms with Crippen LogP contribution in [0, 0.1) is 19.8 Å². The third-order valence-corrected chi connectivity index (χ3v) is 5.18. The van der Waals surface area contributed by atoms with Crippen LogP contribution in [0.3, 0.4) is 0 Å². The van der Waals surface area contributed by atoms with Gasteiger partial charge >= 0.3 is 6.03 Å². The molecule has 0 radical (unpaired) electrons. The van der Waals surface area contributed by atoms with Crippen LogP contribution in [0.5, 0.6) is 0 Å². The number of urea groups is 1. The molecule has 1 heterocycles. The van der Waals surface area contributed by atoms with Crippen LogP contribution >= 0.6 is 11.3 Å². The van der Waals surface area contributed by atoms with Gasteiger partial charge in [0.15, 0.2) is 0 Å². The molecule has 1 saturated carbocycles. The Bertz CT molecular complexity index is 487. The minimum absolute atomic E-state index is 0.0203. The first-order valence-electron chi connectivity index (χ1n) is 7.75. The second-order valence-corrected chi connectivity index (χ2v) is 7.59. The Kier molecular flexibility index (Phi) is 5.65. The molecular weight excluding hydrogens is 284 g/mol. The molecule has 1 fully saturated rings. The van der Waals surface area contributed by atoms with Gasteiger partial charge in [0.1, 0.15) is 0 Å². The molecule has 4 nitrogen and oxygen atoms in total. The molecule has 0 aliphatic heterocycles. The van der Waals surface area contributed by atoms with E-state index < -0.39 is 0 Å². The van der Waals surface area contributed by atoms with Crippen LogP contribution in [0.1, 0.15) is 54.0 Å². The molecular formula is C16H26N2O2S. The Hall–Kier alpha value is -1.07. The lowest BCUT2D eigenvalue weighted by Gasteiger charge is -2.26. The molecule has 21 heavy (non-hydrogen) atoms. The summed E-state index contributed by atoms with van der Waals surface area (Å²) in [4.78, 5) is 14.5. The van der Waals surface area contributed by atoms with Crippen molar-refractivity contribution in [2.24, 2.45) is 5.92 Å². The summed E-state index contributed by atoms with van der Waals surface area (Å²) >= 11 is 1.76. The highest BCUT2D eigenvalue weighted by atomic mass is 32.1. The molecule has 3 N–H and O–H groups in total. The van der Waals surface area contributed by atoms with Gasteiger partial charge in [0.05, 0.1) is 12.1 Å². The van der Waals surface area contributed by atoms with Crippen molar-refractivity contribution in [3.63, 3.8) is 0 Å².